The van der Waals surface area contributed by atoms with Gasteiger partial charge in [0.05, 0.1) is 13.7 Å². The van der Waals surface area contributed by atoms with Gasteiger partial charge >= 0.3 is 0 Å². The van der Waals surface area contributed by atoms with Crippen LogP contribution < -0.4 is 10.1 Å². The van der Waals surface area contributed by atoms with Gasteiger partial charge in [-0.15, -0.1) is 0 Å². The molecule has 0 aliphatic heterocycles. The highest BCUT2D eigenvalue weighted by atomic mass is 16.5. The molecule has 1 amide bonds. The van der Waals surface area contributed by atoms with Crippen LogP contribution in [0.1, 0.15) is 10.5 Å². The maximum atomic E-state index is 11.6. The minimum absolute atomic E-state index is 0.116. The van der Waals surface area contributed by atoms with E-state index in [1.54, 1.807) is 25.3 Å². The molecule has 0 radical (unpaired) electrons. The summed E-state index contributed by atoms with van der Waals surface area (Å²) >= 11 is 0. The molecule has 0 saturated carbocycles. The van der Waals surface area contributed by atoms with Gasteiger partial charge in [-0.1, -0.05) is 5.16 Å². The molecular formula is C13H14N2O4. The molecule has 6 heteroatoms. The Morgan fingerprint density at radius 3 is 2.79 bits per heavy atom. The topological polar surface area (TPSA) is 84.6 Å². The van der Waals surface area contributed by atoms with Crippen molar-refractivity contribution in [2.75, 3.05) is 20.3 Å². The highest BCUT2D eigenvalue weighted by molar-refractivity contribution is 5.93. The molecule has 0 saturated heterocycles. The first-order chi connectivity index (χ1) is 9.24. The molecular weight excluding hydrogens is 248 g/mol. The molecule has 0 aliphatic rings. The Labute approximate surface area is 110 Å². The van der Waals surface area contributed by atoms with Gasteiger partial charge in [0, 0.05) is 18.2 Å². The van der Waals surface area contributed by atoms with E-state index in [0.29, 0.717) is 5.76 Å². The number of aliphatic hydroxyl groups is 1. The highest BCUT2D eigenvalue weighted by Gasteiger charge is 2.13. The Hall–Kier alpha value is -2.34. The van der Waals surface area contributed by atoms with Crippen LogP contribution in [0.2, 0.25) is 0 Å². The smallest absolute Gasteiger partial charge is 0.273 e. The van der Waals surface area contributed by atoms with Crippen molar-refractivity contribution in [1.82, 2.24) is 10.5 Å². The zero-order chi connectivity index (χ0) is 13.7. The number of rotatable bonds is 5. The number of nitrogens with zero attached hydrogens (tertiary/aromatic N) is 1. The van der Waals surface area contributed by atoms with Crippen LogP contribution in [0.5, 0.6) is 5.75 Å². The predicted octanol–water partition coefficient (Wildman–Crippen LogP) is 1.07. The van der Waals surface area contributed by atoms with Crippen molar-refractivity contribution < 1.29 is 19.2 Å². The summed E-state index contributed by atoms with van der Waals surface area (Å²) in [6.45, 7) is 0.0679. The summed E-state index contributed by atoms with van der Waals surface area (Å²) in [6, 6.07) is 8.77. The lowest BCUT2D eigenvalue weighted by atomic mass is 10.1. The van der Waals surface area contributed by atoms with E-state index in [0.717, 1.165) is 11.3 Å². The fourth-order valence-electron chi connectivity index (χ4n) is 1.53. The van der Waals surface area contributed by atoms with E-state index in [1.165, 1.54) is 0 Å². The normalized spacial score (nSPS) is 10.2. The third-order valence-corrected chi connectivity index (χ3v) is 2.51. The van der Waals surface area contributed by atoms with E-state index in [9.17, 15) is 4.79 Å². The molecule has 2 rings (SSSR count). The molecule has 0 unspecified atom stereocenters. The van der Waals surface area contributed by atoms with E-state index in [1.807, 2.05) is 12.1 Å². The van der Waals surface area contributed by atoms with Gasteiger partial charge in [-0.3, -0.25) is 4.79 Å². The van der Waals surface area contributed by atoms with Crippen LogP contribution >= 0.6 is 0 Å². The Morgan fingerprint density at radius 1 is 1.42 bits per heavy atom. The van der Waals surface area contributed by atoms with E-state index in [-0.39, 0.29) is 24.8 Å². The molecule has 19 heavy (non-hydrogen) atoms. The second-order valence-electron chi connectivity index (χ2n) is 3.78. The maximum Gasteiger partial charge on any atom is 0.273 e. The summed E-state index contributed by atoms with van der Waals surface area (Å²) in [6.07, 6.45) is 0. The summed E-state index contributed by atoms with van der Waals surface area (Å²) in [5.41, 5.74) is 0.980. The van der Waals surface area contributed by atoms with E-state index in [4.69, 9.17) is 14.4 Å². The lowest BCUT2D eigenvalue weighted by Gasteiger charge is -1.99. The first-order valence-corrected chi connectivity index (χ1v) is 5.75. The number of hydrogen-bond donors (Lipinski definition) is 2. The Balaban J connectivity index is 2.13. The molecule has 100 valence electrons. The van der Waals surface area contributed by atoms with Gasteiger partial charge in [0.25, 0.3) is 5.91 Å². The monoisotopic (exact) mass is 262 g/mol. The van der Waals surface area contributed by atoms with Crippen LogP contribution in [0.15, 0.2) is 34.9 Å². The van der Waals surface area contributed by atoms with E-state index < -0.39 is 0 Å². The highest BCUT2D eigenvalue weighted by Crippen LogP contribution is 2.22. The van der Waals surface area contributed by atoms with E-state index in [2.05, 4.69) is 10.5 Å². The largest absolute Gasteiger partial charge is 0.497 e. The molecule has 6 nitrogen and oxygen atoms in total. The first kappa shape index (κ1) is 13.1. The van der Waals surface area contributed by atoms with Gasteiger partial charge in [0.1, 0.15) is 5.75 Å². The number of carbonyl (C=O) groups is 1. The number of benzene rings is 1. The second-order valence-corrected chi connectivity index (χ2v) is 3.78. The second kappa shape index (κ2) is 6.01. The number of methoxy groups -OCH3 is 1. The number of aliphatic hydroxyl groups excluding tert-OH is 1. The minimum Gasteiger partial charge on any atom is -0.497 e. The number of amides is 1. The summed E-state index contributed by atoms with van der Waals surface area (Å²) in [5, 5.41) is 14.8. The summed E-state index contributed by atoms with van der Waals surface area (Å²) in [7, 11) is 1.59. The van der Waals surface area contributed by atoms with Gasteiger partial charge in [0.15, 0.2) is 11.5 Å². The molecule has 2 aromatic rings. The van der Waals surface area contributed by atoms with E-state index >= 15 is 0 Å². The fraction of sp³-hybridized carbons (Fsp3) is 0.231. The molecule has 0 fully saturated rings. The van der Waals surface area contributed by atoms with Crippen molar-refractivity contribution in [3.63, 3.8) is 0 Å². The molecule has 2 N–H and O–H groups in total. The molecule has 0 bridgehead atoms. The van der Waals surface area contributed by atoms with Crippen LogP contribution in [0.25, 0.3) is 11.3 Å². The fourth-order valence-corrected chi connectivity index (χ4v) is 1.53. The zero-order valence-corrected chi connectivity index (χ0v) is 10.4. The molecule has 1 aromatic heterocycles. The van der Waals surface area contributed by atoms with Crippen LogP contribution in [0.3, 0.4) is 0 Å². The lowest BCUT2D eigenvalue weighted by molar-refractivity contribution is 0.0936. The van der Waals surface area contributed by atoms with Crippen molar-refractivity contribution in [2.45, 2.75) is 0 Å². The van der Waals surface area contributed by atoms with Gasteiger partial charge in [0.2, 0.25) is 0 Å². The molecule has 1 heterocycles. The van der Waals surface area contributed by atoms with Gasteiger partial charge < -0.3 is 19.7 Å². The average molecular weight is 262 g/mol. The molecule has 0 spiro atoms. The minimum atomic E-state index is -0.377. The lowest BCUT2D eigenvalue weighted by Crippen LogP contribution is -2.26. The Bertz CT molecular complexity index is 548. The van der Waals surface area contributed by atoms with Crippen molar-refractivity contribution in [3.8, 4) is 17.1 Å². The summed E-state index contributed by atoms with van der Waals surface area (Å²) in [4.78, 5) is 11.6. The molecule has 0 aliphatic carbocycles. The number of aromatic nitrogens is 1. The number of carbonyl (C=O) groups excluding carboxylic acids is 1. The number of ether oxygens (including phenoxy) is 1. The Morgan fingerprint density at radius 2 is 2.16 bits per heavy atom. The van der Waals surface area contributed by atoms with Crippen molar-refractivity contribution in [2.24, 2.45) is 0 Å². The summed E-state index contributed by atoms with van der Waals surface area (Å²) in [5.74, 6) is 0.860. The number of nitrogens with one attached hydrogen (secondary N) is 1. The van der Waals surface area contributed by atoms with Crippen molar-refractivity contribution in [1.29, 1.82) is 0 Å². The van der Waals surface area contributed by atoms with Crippen LogP contribution in [-0.4, -0.2) is 36.4 Å². The van der Waals surface area contributed by atoms with Crippen molar-refractivity contribution >= 4 is 5.91 Å². The first-order valence-electron chi connectivity index (χ1n) is 5.75. The Kier molecular flexibility index (Phi) is 4.15. The predicted molar refractivity (Wildman–Crippen MR) is 67.9 cm³/mol. The van der Waals surface area contributed by atoms with Gasteiger partial charge in [-0.05, 0) is 24.3 Å². The molecule has 0 atom stereocenters. The van der Waals surface area contributed by atoms with Gasteiger partial charge in [-0.25, -0.2) is 0 Å². The number of hydrogen-bond acceptors (Lipinski definition) is 5. The van der Waals surface area contributed by atoms with Crippen LogP contribution in [-0.2, 0) is 0 Å². The third kappa shape index (κ3) is 3.11. The zero-order valence-electron chi connectivity index (χ0n) is 10.4. The van der Waals surface area contributed by atoms with Gasteiger partial charge in [-0.2, -0.15) is 0 Å². The quantitative estimate of drug-likeness (QED) is 0.842. The third-order valence-electron chi connectivity index (χ3n) is 2.51. The standard InChI is InChI=1S/C13H14N2O4/c1-18-10-4-2-9(3-5-10)12-8-11(15-19-12)13(17)14-6-7-16/h2-5,8,16H,6-7H2,1H3,(H,14,17). The van der Waals surface area contributed by atoms with Crippen molar-refractivity contribution in [3.05, 3.63) is 36.0 Å². The maximum absolute atomic E-state index is 11.6. The molecule has 1 aromatic carbocycles. The van der Waals surface area contributed by atoms with Crippen LogP contribution in [0.4, 0.5) is 0 Å². The average Bonchev–Trinajstić information content (AvgIpc) is 2.94. The summed E-state index contributed by atoms with van der Waals surface area (Å²) < 4.78 is 10.2. The SMILES string of the molecule is COc1ccc(-c2cc(C(=O)NCCO)no2)cc1. The van der Waals surface area contributed by atoms with Crippen LogP contribution in [0, 0.1) is 0 Å².